The Balaban J connectivity index is 0.000000174. The van der Waals surface area contributed by atoms with E-state index in [0.29, 0.717) is 17.5 Å². The molecule has 0 aliphatic heterocycles. The lowest BCUT2D eigenvalue weighted by Gasteiger charge is -2.13. The van der Waals surface area contributed by atoms with Crippen molar-refractivity contribution in [3.05, 3.63) is 107 Å². The summed E-state index contributed by atoms with van der Waals surface area (Å²) < 4.78 is 3.14. The molecule has 0 aliphatic carbocycles. The Hall–Kier alpha value is -5.05. The van der Waals surface area contributed by atoms with Crippen molar-refractivity contribution in [1.82, 2.24) is 24.1 Å². The third-order valence-electron chi connectivity index (χ3n) is 5.83. The predicted molar refractivity (Wildman–Crippen MR) is 140 cm³/mol. The number of benzene rings is 3. The molecule has 9 nitrogen and oxygen atoms in total. The molecule has 3 heterocycles. The van der Waals surface area contributed by atoms with E-state index in [2.05, 4.69) is 10.1 Å². The number of para-hydroxylation sites is 1. The summed E-state index contributed by atoms with van der Waals surface area (Å²) in [5.41, 5.74) is 12.8. The van der Waals surface area contributed by atoms with Crippen LogP contribution in [0.4, 0.5) is 5.82 Å². The molecular formula is C27H23N7O2. The molecule has 1 amide bonds. The van der Waals surface area contributed by atoms with Crippen LogP contribution in [0, 0.1) is 0 Å². The molecule has 0 saturated carbocycles. The fourth-order valence-corrected chi connectivity index (χ4v) is 4.22. The third-order valence-corrected chi connectivity index (χ3v) is 5.83. The predicted octanol–water partition coefficient (Wildman–Crippen LogP) is 3.51. The van der Waals surface area contributed by atoms with Crippen molar-refractivity contribution in [1.29, 1.82) is 0 Å². The van der Waals surface area contributed by atoms with Crippen LogP contribution in [0.1, 0.15) is 23.1 Å². The molecule has 0 atom stereocenters. The van der Waals surface area contributed by atoms with Crippen molar-refractivity contribution in [2.45, 2.75) is 13.3 Å². The Labute approximate surface area is 205 Å². The Bertz CT molecular complexity index is 1790. The summed E-state index contributed by atoms with van der Waals surface area (Å²) in [6.45, 7) is 2.02. The summed E-state index contributed by atoms with van der Waals surface area (Å²) in [5, 5.41) is 6.56. The molecule has 0 spiro atoms. The van der Waals surface area contributed by atoms with Gasteiger partial charge < -0.3 is 11.5 Å². The molecule has 0 saturated heterocycles. The average Bonchev–Trinajstić information content (AvgIpc) is 3.25. The summed E-state index contributed by atoms with van der Waals surface area (Å²) in [5.74, 6) is 0.265. The van der Waals surface area contributed by atoms with Crippen LogP contribution in [0.25, 0.3) is 33.0 Å². The zero-order valence-electron chi connectivity index (χ0n) is 19.5. The number of anilines is 1. The monoisotopic (exact) mass is 477 g/mol. The van der Waals surface area contributed by atoms with E-state index in [1.807, 2.05) is 73.7 Å². The van der Waals surface area contributed by atoms with Gasteiger partial charge in [0, 0.05) is 18.8 Å². The number of rotatable bonds is 3. The van der Waals surface area contributed by atoms with E-state index in [-0.39, 0.29) is 16.9 Å². The molecule has 0 bridgehead atoms. The summed E-state index contributed by atoms with van der Waals surface area (Å²) in [6.07, 6.45) is 3.89. The first-order valence-electron chi connectivity index (χ1n) is 11.4. The van der Waals surface area contributed by atoms with Crippen LogP contribution in [-0.4, -0.2) is 30.1 Å². The number of primary amides is 1. The Morgan fingerprint density at radius 3 is 2.47 bits per heavy atom. The molecule has 6 rings (SSSR count). The number of fused-ring (bicyclic) bond motifs is 4. The van der Waals surface area contributed by atoms with Gasteiger partial charge >= 0.3 is 0 Å². The van der Waals surface area contributed by atoms with Gasteiger partial charge in [-0.05, 0) is 35.0 Å². The van der Waals surface area contributed by atoms with Crippen molar-refractivity contribution in [3.63, 3.8) is 0 Å². The van der Waals surface area contributed by atoms with Crippen molar-refractivity contribution in [2.24, 2.45) is 5.73 Å². The van der Waals surface area contributed by atoms with Gasteiger partial charge in [-0.25, -0.2) is 14.5 Å². The van der Waals surface area contributed by atoms with Gasteiger partial charge in [0.05, 0.1) is 16.6 Å². The number of nitrogen functional groups attached to an aromatic ring is 1. The van der Waals surface area contributed by atoms with Crippen LogP contribution in [0.3, 0.4) is 0 Å². The number of amides is 1. The van der Waals surface area contributed by atoms with Crippen LogP contribution < -0.4 is 17.0 Å². The average molecular weight is 478 g/mol. The second-order valence-corrected chi connectivity index (χ2v) is 8.05. The number of aryl methyl sites for hydroxylation is 1. The number of aromatic nitrogens is 5. The molecule has 6 aromatic rings. The molecule has 9 heteroatoms. The minimum atomic E-state index is -0.619. The largest absolute Gasteiger partial charge is 0.381 e. The Morgan fingerprint density at radius 2 is 1.72 bits per heavy atom. The lowest BCUT2D eigenvalue weighted by Crippen LogP contribution is -2.23. The van der Waals surface area contributed by atoms with Gasteiger partial charge in [-0.2, -0.15) is 0 Å². The maximum atomic E-state index is 13.2. The van der Waals surface area contributed by atoms with E-state index < -0.39 is 5.91 Å². The Morgan fingerprint density at radius 1 is 0.972 bits per heavy atom. The number of carbonyl (C=O) groups is 1. The van der Waals surface area contributed by atoms with Crippen LogP contribution in [0.5, 0.6) is 0 Å². The highest BCUT2D eigenvalue weighted by atomic mass is 16.1. The van der Waals surface area contributed by atoms with Gasteiger partial charge in [-0.15, -0.1) is 5.10 Å². The van der Waals surface area contributed by atoms with Gasteiger partial charge in [0.2, 0.25) is 0 Å². The summed E-state index contributed by atoms with van der Waals surface area (Å²) in [6, 6.07) is 23.3. The number of carbonyl (C=O) groups excluding carboxylic acids is 1. The van der Waals surface area contributed by atoms with Crippen LogP contribution >= 0.6 is 0 Å². The van der Waals surface area contributed by atoms with E-state index in [1.54, 1.807) is 23.0 Å². The first kappa shape index (κ1) is 22.7. The van der Waals surface area contributed by atoms with Crippen LogP contribution in [0.15, 0.2) is 90.0 Å². The standard InChI is InChI=1S/C20H16N2O.C7H7N5O/c1-2-18-21-17-13-12-14-8-6-7-11-16(14)19(17)20(23)22(18)15-9-4-3-5-10-15;8-5-4(6(9)13)7-10-2-1-3-12(7)11-5/h3-13H,2H2,1H3;1-3H,(H2,8,11)(H2,9,13). The summed E-state index contributed by atoms with van der Waals surface area (Å²) in [4.78, 5) is 32.9. The quantitative estimate of drug-likeness (QED) is 0.375. The van der Waals surface area contributed by atoms with Gasteiger partial charge in [-0.3, -0.25) is 14.2 Å². The molecule has 0 aliphatic rings. The smallest absolute Gasteiger partial charge is 0.266 e. The van der Waals surface area contributed by atoms with E-state index in [4.69, 9.17) is 16.5 Å². The molecule has 3 aromatic carbocycles. The second kappa shape index (κ2) is 9.30. The van der Waals surface area contributed by atoms with Gasteiger partial charge in [0.25, 0.3) is 11.5 Å². The lowest BCUT2D eigenvalue weighted by atomic mass is 10.1. The lowest BCUT2D eigenvalue weighted by molar-refractivity contribution is 0.100. The van der Waals surface area contributed by atoms with Crippen LogP contribution in [0.2, 0.25) is 0 Å². The SMILES string of the molecule is CCc1nc2ccc3ccccc3c2c(=O)n1-c1ccccc1.NC(=O)c1c(N)nn2cccnc12. The van der Waals surface area contributed by atoms with Crippen molar-refractivity contribution < 1.29 is 4.79 Å². The van der Waals surface area contributed by atoms with E-state index >= 15 is 0 Å². The topological polar surface area (TPSA) is 134 Å². The molecule has 4 N–H and O–H groups in total. The van der Waals surface area contributed by atoms with Crippen molar-refractivity contribution in [2.75, 3.05) is 5.73 Å². The zero-order valence-corrected chi connectivity index (χ0v) is 19.5. The van der Waals surface area contributed by atoms with Gasteiger partial charge in [-0.1, -0.05) is 55.5 Å². The van der Waals surface area contributed by atoms with E-state index in [0.717, 1.165) is 27.8 Å². The van der Waals surface area contributed by atoms with Crippen molar-refractivity contribution in [3.8, 4) is 5.69 Å². The van der Waals surface area contributed by atoms with E-state index in [1.165, 1.54) is 4.52 Å². The molecule has 178 valence electrons. The number of nitrogens with two attached hydrogens (primary N) is 2. The summed E-state index contributed by atoms with van der Waals surface area (Å²) in [7, 11) is 0. The Kier molecular flexibility index (Phi) is 5.87. The maximum absolute atomic E-state index is 13.2. The highest BCUT2D eigenvalue weighted by Gasteiger charge is 2.15. The third kappa shape index (κ3) is 3.92. The molecule has 0 radical (unpaired) electrons. The summed E-state index contributed by atoms with van der Waals surface area (Å²) >= 11 is 0. The normalized spacial score (nSPS) is 10.9. The molecule has 3 aromatic heterocycles. The highest BCUT2D eigenvalue weighted by Crippen LogP contribution is 2.23. The molecule has 36 heavy (non-hydrogen) atoms. The molecule has 0 fully saturated rings. The van der Waals surface area contributed by atoms with Crippen molar-refractivity contribution >= 4 is 39.0 Å². The minimum Gasteiger partial charge on any atom is -0.381 e. The number of nitrogens with zero attached hydrogens (tertiary/aromatic N) is 5. The fraction of sp³-hybridized carbons (Fsp3) is 0.0741. The first-order valence-corrected chi connectivity index (χ1v) is 11.4. The highest BCUT2D eigenvalue weighted by molar-refractivity contribution is 6.05. The number of hydrogen-bond donors (Lipinski definition) is 2. The molecular weight excluding hydrogens is 454 g/mol. The second-order valence-electron chi connectivity index (χ2n) is 8.05. The fourth-order valence-electron chi connectivity index (χ4n) is 4.22. The van der Waals surface area contributed by atoms with Gasteiger partial charge in [0.15, 0.2) is 11.5 Å². The maximum Gasteiger partial charge on any atom is 0.266 e. The zero-order chi connectivity index (χ0) is 25.2. The van der Waals surface area contributed by atoms with E-state index in [9.17, 15) is 9.59 Å². The first-order chi connectivity index (χ1) is 17.5. The van der Waals surface area contributed by atoms with Gasteiger partial charge in [0.1, 0.15) is 11.4 Å². The number of hydrogen-bond acceptors (Lipinski definition) is 6. The molecule has 0 unspecified atom stereocenters. The van der Waals surface area contributed by atoms with Crippen LogP contribution in [-0.2, 0) is 6.42 Å². The minimum absolute atomic E-state index is 0.00477.